The first-order valence-electron chi connectivity index (χ1n) is 7.43. The molecule has 0 saturated carbocycles. The Morgan fingerprint density at radius 1 is 1.30 bits per heavy atom. The van der Waals surface area contributed by atoms with Gasteiger partial charge in [0, 0.05) is 18.7 Å². The van der Waals surface area contributed by atoms with Gasteiger partial charge in [-0.15, -0.1) is 10.2 Å². The van der Waals surface area contributed by atoms with Crippen molar-refractivity contribution in [1.29, 1.82) is 0 Å². The van der Waals surface area contributed by atoms with Gasteiger partial charge in [0.2, 0.25) is 11.7 Å². The van der Waals surface area contributed by atoms with Gasteiger partial charge >= 0.3 is 5.97 Å². The number of carboxylic acids is 1. The highest BCUT2D eigenvalue weighted by molar-refractivity contribution is 5.81. The first-order valence-corrected chi connectivity index (χ1v) is 7.43. The second kappa shape index (κ2) is 6.15. The molecule has 0 bridgehead atoms. The summed E-state index contributed by atoms with van der Waals surface area (Å²) < 4.78 is 0. The molecular weight excluding hydrogens is 298 g/mol. The fourth-order valence-electron chi connectivity index (χ4n) is 2.62. The topological polar surface area (TPSA) is 101 Å². The maximum absolute atomic E-state index is 12.5. The van der Waals surface area contributed by atoms with Crippen LogP contribution in [-0.4, -0.2) is 55.2 Å². The highest BCUT2D eigenvalue weighted by Crippen LogP contribution is 2.20. The first kappa shape index (κ1) is 15.1. The number of carbonyl (C=O) groups is 2. The van der Waals surface area contributed by atoms with Gasteiger partial charge in [-0.05, 0) is 18.6 Å². The Kier molecular flexibility index (Phi) is 4.05. The zero-order valence-electron chi connectivity index (χ0n) is 12.7. The van der Waals surface area contributed by atoms with E-state index in [0.717, 1.165) is 5.56 Å². The largest absolute Gasteiger partial charge is 0.481 e. The number of rotatable bonds is 4. The van der Waals surface area contributed by atoms with Crippen LogP contribution < -0.4 is 0 Å². The van der Waals surface area contributed by atoms with Crippen LogP contribution in [0.5, 0.6) is 0 Å². The highest BCUT2D eigenvalue weighted by Gasteiger charge is 2.33. The van der Waals surface area contributed by atoms with Crippen molar-refractivity contribution in [1.82, 2.24) is 25.1 Å². The van der Waals surface area contributed by atoms with E-state index in [1.807, 2.05) is 30.3 Å². The summed E-state index contributed by atoms with van der Waals surface area (Å²) in [5.41, 5.74) is 0.825. The molecule has 8 nitrogen and oxygen atoms in total. The lowest BCUT2D eigenvalue weighted by atomic mass is 10.1. The van der Waals surface area contributed by atoms with E-state index in [0.29, 0.717) is 18.8 Å². The molecule has 120 valence electrons. The number of hydrogen-bond acceptors (Lipinski definition) is 5. The molecule has 1 fully saturated rings. The van der Waals surface area contributed by atoms with E-state index in [1.165, 1.54) is 4.80 Å². The molecule has 3 rings (SSSR count). The Balaban J connectivity index is 1.71. The normalized spacial score (nSPS) is 18.8. The van der Waals surface area contributed by atoms with Crippen LogP contribution in [0.2, 0.25) is 0 Å². The summed E-state index contributed by atoms with van der Waals surface area (Å²) in [4.78, 5) is 26.3. The number of likely N-dealkylation sites (tertiary alicyclic amines) is 1. The number of carboxylic acid groups (broad SMARTS) is 1. The second-order valence-electron chi connectivity index (χ2n) is 5.58. The number of aliphatic carboxylic acids is 1. The molecule has 1 N–H and O–H groups in total. The Labute approximate surface area is 132 Å². The Morgan fingerprint density at radius 2 is 2.04 bits per heavy atom. The van der Waals surface area contributed by atoms with Gasteiger partial charge in [0.25, 0.3) is 0 Å². The van der Waals surface area contributed by atoms with Gasteiger partial charge in [0.05, 0.1) is 5.92 Å². The molecule has 0 aliphatic carbocycles. The van der Waals surface area contributed by atoms with Crippen LogP contribution in [0.15, 0.2) is 30.3 Å². The van der Waals surface area contributed by atoms with Gasteiger partial charge < -0.3 is 10.0 Å². The summed E-state index contributed by atoms with van der Waals surface area (Å²) in [6, 6.07) is 8.76. The van der Waals surface area contributed by atoms with Crippen molar-refractivity contribution in [3.63, 3.8) is 0 Å². The summed E-state index contributed by atoms with van der Waals surface area (Å²) in [5, 5.41) is 21.2. The summed E-state index contributed by atoms with van der Waals surface area (Å²) in [6.07, 6.45) is 0.480. The molecule has 0 radical (unpaired) electrons. The smallest absolute Gasteiger partial charge is 0.308 e. The van der Waals surface area contributed by atoms with Gasteiger partial charge in [-0.3, -0.25) is 9.59 Å². The summed E-state index contributed by atoms with van der Waals surface area (Å²) in [5.74, 6) is -1.09. The summed E-state index contributed by atoms with van der Waals surface area (Å²) >= 11 is 0. The maximum atomic E-state index is 12.5. The van der Waals surface area contributed by atoms with Gasteiger partial charge in [-0.2, -0.15) is 4.80 Å². The monoisotopic (exact) mass is 315 g/mol. The van der Waals surface area contributed by atoms with Gasteiger partial charge in [0.1, 0.15) is 6.04 Å². The van der Waals surface area contributed by atoms with E-state index < -0.39 is 17.9 Å². The minimum absolute atomic E-state index is 0.189. The lowest BCUT2D eigenvalue weighted by Gasteiger charge is -2.19. The molecule has 2 heterocycles. The van der Waals surface area contributed by atoms with Crippen LogP contribution in [0.4, 0.5) is 0 Å². The molecule has 0 spiro atoms. The van der Waals surface area contributed by atoms with E-state index in [4.69, 9.17) is 5.11 Å². The lowest BCUT2D eigenvalue weighted by molar-refractivity contribution is -0.141. The standard InChI is InChI=1S/C15H17N5O3/c1-10(14(21)19-8-7-12(9-19)15(22)23)20-17-13(16-18-20)11-5-3-2-4-6-11/h2-6,10,12H,7-9H2,1H3,(H,22,23)/t10-,12-/m0/s1. The Hall–Kier alpha value is -2.77. The van der Waals surface area contributed by atoms with E-state index in [1.54, 1.807) is 11.8 Å². The molecule has 8 heteroatoms. The quantitative estimate of drug-likeness (QED) is 0.897. The average Bonchev–Trinajstić information content (AvgIpc) is 3.24. The fourth-order valence-corrected chi connectivity index (χ4v) is 2.62. The highest BCUT2D eigenvalue weighted by atomic mass is 16.4. The molecule has 1 aliphatic heterocycles. The molecule has 2 aromatic rings. The second-order valence-corrected chi connectivity index (χ2v) is 5.58. The van der Waals surface area contributed by atoms with Crippen molar-refractivity contribution >= 4 is 11.9 Å². The van der Waals surface area contributed by atoms with Crippen LogP contribution >= 0.6 is 0 Å². The molecule has 2 atom stereocenters. The molecule has 1 aromatic carbocycles. The van der Waals surface area contributed by atoms with E-state index >= 15 is 0 Å². The summed E-state index contributed by atoms with van der Waals surface area (Å²) in [7, 11) is 0. The van der Waals surface area contributed by atoms with E-state index in [-0.39, 0.29) is 12.5 Å². The third-order valence-corrected chi connectivity index (χ3v) is 4.01. The number of hydrogen-bond donors (Lipinski definition) is 1. The number of tetrazole rings is 1. The van der Waals surface area contributed by atoms with Crippen LogP contribution in [0.25, 0.3) is 11.4 Å². The van der Waals surface area contributed by atoms with Crippen molar-refractivity contribution in [3.8, 4) is 11.4 Å². The molecule has 0 unspecified atom stereocenters. The fraction of sp³-hybridized carbons (Fsp3) is 0.400. The molecule has 1 saturated heterocycles. The predicted molar refractivity (Wildman–Crippen MR) is 80.3 cm³/mol. The van der Waals surface area contributed by atoms with Gasteiger partial charge in [0.15, 0.2) is 0 Å². The van der Waals surface area contributed by atoms with E-state index in [2.05, 4.69) is 15.4 Å². The van der Waals surface area contributed by atoms with Crippen LogP contribution in [-0.2, 0) is 9.59 Å². The third-order valence-electron chi connectivity index (χ3n) is 4.01. The predicted octanol–water partition coefficient (Wildman–Crippen LogP) is 0.834. The summed E-state index contributed by atoms with van der Waals surface area (Å²) in [6.45, 7) is 2.37. The number of aromatic nitrogens is 4. The minimum atomic E-state index is -0.863. The van der Waals surface area contributed by atoms with Crippen molar-refractivity contribution in [3.05, 3.63) is 30.3 Å². The SMILES string of the molecule is C[C@@H](C(=O)N1CC[C@H](C(=O)O)C1)n1nnc(-c2ccccc2)n1. The third kappa shape index (κ3) is 3.05. The number of amides is 1. The van der Waals surface area contributed by atoms with Crippen LogP contribution in [0, 0.1) is 5.92 Å². The molecule has 1 aliphatic rings. The number of nitrogens with zero attached hydrogens (tertiary/aromatic N) is 5. The van der Waals surface area contributed by atoms with Gasteiger partial charge in [-0.25, -0.2) is 0 Å². The Bertz CT molecular complexity index is 715. The first-order chi connectivity index (χ1) is 11.1. The number of carbonyl (C=O) groups excluding carboxylic acids is 1. The van der Waals surface area contributed by atoms with Crippen LogP contribution in [0.3, 0.4) is 0 Å². The minimum Gasteiger partial charge on any atom is -0.481 e. The molecule has 23 heavy (non-hydrogen) atoms. The maximum Gasteiger partial charge on any atom is 0.308 e. The molecule has 1 aromatic heterocycles. The molecule has 1 amide bonds. The van der Waals surface area contributed by atoms with E-state index in [9.17, 15) is 9.59 Å². The average molecular weight is 315 g/mol. The van der Waals surface area contributed by atoms with Crippen molar-refractivity contribution < 1.29 is 14.7 Å². The zero-order valence-corrected chi connectivity index (χ0v) is 12.7. The van der Waals surface area contributed by atoms with Crippen molar-refractivity contribution in [2.45, 2.75) is 19.4 Å². The molecular formula is C15H17N5O3. The number of benzene rings is 1. The van der Waals surface area contributed by atoms with Crippen LogP contribution in [0.1, 0.15) is 19.4 Å². The van der Waals surface area contributed by atoms with Crippen molar-refractivity contribution in [2.24, 2.45) is 5.92 Å². The van der Waals surface area contributed by atoms with Crippen molar-refractivity contribution in [2.75, 3.05) is 13.1 Å². The lowest BCUT2D eigenvalue weighted by Crippen LogP contribution is -2.36. The zero-order chi connectivity index (χ0) is 16.4. The van der Waals surface area contributed by atoms with Gasteiger partial charge in [-0.1, -0.05) is 30.3 Å². The Morgan fingerprint density at radius 3 is 2.70 bits per heavy atom.